The number of benzene rings is 1. The standard InChI is InChI=1S/C19H25N3/c1-14-9-15(2)18(16(3)10-14)13-22-8-7-21-12-19(22)17-5-4-6-20-11-17/h4-6,9-11,19,21H,7-8,12-13H2,1-3H3. The number of rotatable bonds is 3. The van der Waals surface area contributed by atoms with Crippen molar-refractivity contribution in [2.75, 3.05) is 19.6 Å². The largest absolute Gasteiger partial charge is 0.314 e. The smallest absolute Gasteiger partial charge is 0.0491 e. The Hall–Kier alpha value is -1.71. The highest BCUT2D eigenvalue weighted by Gasteiger charge is 2.24. The zero-order chi connectivity index (χ0) is 15.5. The Labute approximate surface area is 133 Å². The summed E-state index contributed by atoms with van der Waals surface area (Å²) in [6, 6.07) is 9.21. The highest BCUT2D eigenvalue weighted by molar-refractivity contribution is 5.37. The van der Waals surface area contributed by atoms with E-state index >= 15 is 0 Å². The van der Waals surface area contributed by atoms with Gasteiger partial charge in [0.05, 0.1) is 0 Å². The molecule has 3 heteroatoms. The van der Waals surface area contributed by atoms with E-state index in [1.165, 1.54) is 27.8 Å². The molecular weight excluding hydrogens is 270 g/mol. The molecule has 1 saturated heterocycles. The Kier molecular flexibility index (Phi) is 4.55. The maximum absolute atomic E-state index is 4.29. The van der Waals surface area contributed by atoms with Crippen LogP contribution in [-0.2, 0) is 6.54 Å². The van der Waals surface area contributed by atoms with E-state index in [0.717, 1.165) is 26.2 Å². The van der Waals surface area contributed by atoms with Gasteiger partial charge in [-0.25, -0.2) is 0 Å². The number of nitrogens with one attached hydrogen (secondary N) is 1. The minimum Gasteiger partial charge on any atom is -0.314 e. The Morgan fingerprint density at radius 2 is 2.00 bits per heavy atom. The van der Waals surface area contributed by atoms with Crippen LogP contribution in [0.3, 0.4) is 0 Å². The van der Waals surface area contributed by atoms with Crippen molar-refractivity contribution in [3.05, 3.63) is 64.5 Å². The fraction of sp³-hybridized carbons (Fsp3) is 0.421. The van der Waals surface area contributed by atoms with Crippen molar-refractivity contribution in [3.63, 3.8) is 0 Å². The van der Waals surface area contributed by atoms with Crippen LogP contribution in [0.25, 0.3) is 0 Å². The van der Waals surface area contributed by atoms with Crippen molar-refractivity contribution in [2.45, 2.75) is 33.4 Å². The molecule has 0 amide bonds. The summed E-state index contributed by atoms with van der Waals surface area (Å²) >= 11 is 0. The molecule has 0 saturated carbocycles. The molecule has 116 valence electrons. The number of hydrogen-bond acceptors (Lipinski definition) is 3. The third-order valence-corrected chi connectivity index (χ3v) is 4.63. The van der Waals surface area contributed by atoms with Gasteiger partial charge in [-0.05, 0) is 49.1 Å². The lowest BCUT2D eigenvalue weighted by Gasteiger charge is -2.37. The molecule has 0 spiro atoms. The summed E-state index contributed by atoms with van der Waals surface area (Å²) in [7, 11) is 0. The second kappa shape index (κ2) is 6.59. The summed E-state index contributed by atoms with van der Waals surface area (Å²) < 4.78 is 0. The summed E-state index contributed by atoms with van der Waals surface area (Å²) in [6.07, 6.45) is 3.85. The molecule has 1 N–H and O–H groups in total. The first-order valence-corrected chi connectivity index (χ1v) is 8.06. The molecule has 1 aliphatic heterocycles. The summed E-state index contributed by atoms with van der Waals surface area (Å²) in [4.78, 5) is 6.88. The molecule has 0 radical (unpaired) electrons. The lowest BCUT2D eigenvalue weighted by atomic mass is 9.97. The van der Waals surface area contributed by atoms with Crippen molar-refractivity contribution in [2.24, 2.45) is 0 Å². The quantitative estimate of drug-likeness (QED) is 0.943. The first-order valence-electron chi connectivity index (χ1n) is 8.06. The molecule has 1 aromatic carbocycles. The van der Waals surface area contributed by atoms with E-state index in [-0.39, 0.29) is 0 Å². The highest BCUT2D eigenvalue weighted by Crippen LogP contribution is 2.26. The van der Waals surface area contributed by atoms with Crippen LogP contribution in [0, 0.1) is 20.8 Å². The summed E-state index contributed by atoms with van der Waals surface area (Å²) in [5.41, 5.74) is 6.93. The molecule has 1 aliphatic rings. The van der Waals surface area contributed by atoms with Crippen molar-refractivity contribution in [1.82, 2.24) is 15.2 Å². The van der Waals surface area contributed by atoms with Gasteiger partial charge >= 0.3 is 0 Å². The predicted molar refractivity (Wildman–Crippen MR) is 90.9 cm³/mol. The Balaban J connectivity index is 1.86. The zero-order valence-electron chi connectivity index (χ0n) is 13.8. The van der Waals surface area contributed by atoms with Crippen molar-refractivity contribution >= 4 is 0 Å². The zero-order valence-corrected chi connectivity index (χ0v) is 13.8. The molecular formula is C19H25N3. The first-order chi connectivity index (χ1) is 10.6. The predicted octanol–water partition coefficient (Wildman–Crippen LogP) is 3.15. The molecule has 1 unspecified atom stereocenters. The van der Waals surface area contributed by atoms with Crippen LogP contribution in [0.15, 0.2) is 36.7 Å². The number of hydrogen-bond donors (Lipinski definition) is 1. The number of aromatic nitrogens is 1. The number of aryl methyl sites for hydroxylation is 3. The topological polar surface area (TPSA) is 28.2 Å². The minimum absolute atomic E-state index is 0.405. The second-order valence-corrected chi connectivity index (χ2v) is 6.35. The van der Waals surface area contributed by atoms with Crippen molar-refractivity contribution in [3.8, 4) is 0 Å². The van der Waals surface area contributed by atoms with Crippen LogP contribution in [0.5, 0.6) is 0 Å². The second-order valence-electron chi connectivity index (χ2n) is 6.35. The lowest BCUT2D eigenvalue weighted by Crippen LogP contribution is -2.45. The van der Waals surface area contributed by atoms with Gasteiger partial charge in [-0.2, -0.15) is 0 Å². The van der Waals surface area contributed by atoms with Gasteiger partial charge < -0.3 is 5.32 Å². The van der Waals surface area contributed by atoms with Crippen LogP contribution < -0.4 is 5.32 Å². The molecule has 3 nitrogen and oxygen atoms in total. The third-order valence-electron chi connectivity index (χ3n) is 4.63. The van der Waals surface area contributed by atoms with Gasteiger partial charge in [-0.1, -0.05) is 23.8 Å². The van der Waals surface area contributed by atoms with Crippen LogP contribution in [0.2, 0.25) is 0 Å². The third kappa shape index (κ3) is 3.21. The van der Waals surface area contributed by atoms with E-state index in [4.69, 9.17) is 0 Å². The molecule has 1 atom stereocenters. The maximum atomic E-state index is 4.29. The van der Waals surface area contributed by atoms with E-state index in [0.29, 0.717) is 6.04 Å². The molecule has 0 bridgehead atoms. The van der Waals surface area contributed by atoms with E-state index in [2.05, 4.69) is 54.2 Å². The van der Waals surface area contributed by atoms with Crippen LogP contribution >= 0.6 is 0 Å². The Morgan fingerprint density at radius 3 is 2.68 bits per heavy atom. The average Bonchev–Trinajstić information content (AvgIpc) is 2.52. The Bertz CT molecular complexity index is 613. The van der Waals surface area contributed by atoms with Gasteiger partial charge in [0.25, 0.3) is 0 Å². The van der Waals surface area contributed by atoms with Crippen LogP contribution in [-0.4, -0.2) is 29.5 Å². The van der Waals surface area contributed by atoms with E-state index in [1.54, 1.807) is 0 Å². The van der Waals surface area contributed by atoms with Gasteiger partial charge in [0.1, 0.15) is 0 Å². The van der Waals surface area contributed by atoms with Gasteiger partial charge in [-0.3, -0.25) is 9.88 Å². The van der Waals surface area contributed by atoms with Gasteiger partial charge in [0.15, 0.2) is 0 Å². The normalized spacial score (nSPS) is 19.3. The van der Waals surface area contributed by atoms with Gasteiger partial charge in [-0.15, -0.1) is 0 Å². The van der Waals surface area contributed by atoms with Crippen molar-refractivity contribution in [1.29, 1.82) is 0 Å². The highest BCUT2D eigenvalue weighted by atomic mass is 15.2. The lowest BCUT2D eigenvalue weighted by molar-refractivity contribution is 0.153. The molecule has 22 heavy (non-hydrogen) atoms. The fourth-order valence-corrected chi connectivity index (χ4v) is 3.50. The van der Waals surface area contributed by atoms with Crippen LogP contribution in [0.4, 0.5) is 0 Å². The van der Waals surface area contributed by atoms with Crippen LogP contribution in [0.1, 0.15) is 33.9 Å². The molecule has 0 aliphatic carbocycles. The molecule has 1 aromatic heterocycles. The molecule has 3 rings (SSSR count). The maximum Gasteiger partial charge on any atom is 0.0491 e. The number of pyridine rings is 1. The minimum atomic E-state index is 0.405. The summed E-state index contributed by atoms with van der Waals surface area (Å²) in [5, 5.41) is 3.52. The first kappa shape index (κ1) is 15.2. The Morgan fingerprint density at radius 1 is 1.23 bits per heavy atom. The molecule has 1 fully saturated rings. The average molecular weight is 295 g/mol. The number of piperazine rings is 1. The molecule has 2 aromatic rings. The van der Waals surface area contributed by atoms with Gasteiger partial charge in [0.2, 0.25) is 0 Å². The monoisotopic (exact) mass is 295 g/mol. The number of nitrogens with zero attached hydrogens (tertiary/aromatic N) is 2. The van der Waals surface area contributed by atoms with E-state index in [1.807, 2.05) is 18.5 Å². The fourth-order valence-electron chi connectivity index (χ4n) is 3.50. The SMILES string of the molecule is Cc1cc(C)c(CN2CCNCC2c2cccnc2)c(C)c1. The van der Waals surface area contributed by atoms with Crippen molar-refractivity contribution < 1.29 is 0 Å². The summed E-state index contributed by atoms with van der Waals surface area (Å²) in [6.45, 7) is 10.8. The van der Waals surface area contributed by atoms with E-state index < -0.39 is 0 Å². The van der Waals surface area contributed by atoms with Gasteiger partial charge in [0, 0.05) is 44.6 Å². The molecule has 2 heterocycles. The van der Waals surface area contributed by atoms with E-state index in [9.17, 15) is 0 Å². The summed E-state index contributed by atoms with van der Waals surface area (Å²) in [5.74, 6) is 0.